The van der Waals surface area contributed by atoms with Crippen molar-refractivity contribution in [3.63, 3.8) is 0 Å². The van der Waals surface area contributed by atoms with Crippen LogP contribution in [0.2, 0.25) is 0 Å². The summed E-state index contributed by atoms with van der Waals surface area (Å²) >= 11 is 3.52. The summed E-state index contributed by atoms with van der Waals surface area (Å²) in [5, 5.41) is 0.516. The minimum absolute atomic E-state index is 0.516. The molecule has 0 saturated heterocycles. The van der Waals surface area contributed by atoms with Crippen LogP contribution in [0.4, 0.5) is 5.69 Å². The van der Waals surface area contributed by atoms with Crippen LogP contribution in [-0.4, -0.2) is 29.7 Å². The van der Waals surface area contributed by atoms with Gasteiger partial charge in [0.2, 0.25) is 12.2 Å². The summed E-state index contributed by atoms with van der Waals surface area (Å²) in [5.74, 6) is 0.980. The highest BCUT2D eigenvalue weighted by molar-refractivity contribution is 8.00. The first-order chi connectivity index (χ1) is 11.2. The van der Waals surface area contributed by atoms with Gasteiger partial charge >= 0.3 is 0 Å². The van der Waals surface area contributed by atoms with Crippen molar-refractivity contribution in [2.24, 2.45) is 9.98 Å². The molecule has 0 amide bonds. The number of benzene rings is 1. The Morgan fingerprint density at radius 1 is 1.09 bits per heavy atom. The van der Waals surface area contributed by atoms with Gasteiger partial charge in [-0.05, 0) is 36.8 Å². The zero-order valence-corrected chi connectivity index (χ0v) is 15.2. The molecule has 6 heteroatoms. The second kappa shape index (κ2) is 12.1. The van der Waals surface area contributed by atoms with Crippen LogP contribution < -0.4 is 0 Å². The zero-order valence-electron chi connectivity index (χ0n) is 13.6. The Kier molecular flexibility index (Phi) is 10.4. The zero-order chi connectivity index (χ0) is 16.9. The number of thioether (sulfide) groups is 2. The molecule has 0 atom stereocenters. The average Bonchev–Trinajstić information content (AvgIpc) is 2.52. The van der Waals surface area contributed by atoms with E-state index in [-0.39, 0.29) is 0 Å². The maximum absolute atomic E-state index is 10.5. The van der Waals surface area contributed by atoms with Crippen molar-refractivity contribution < 1.29 is 9.59 Å². The molecular formula is C17H22N2O2S2. The van der Waals surface area contributed by atoms with E-state index < -0.39 is 0 Å². The fourth-order valence-corrected chi connectivity index (χ4v) is 3.96. The Morgan fingerprint density at radius 3 is 2.57 bits per heavy atom. The number of nitrogens with zero attached hydrogens (tertiary/aromatic N) is 2. The van der Waals surface area contributed by atoms with E-state index >= 15 is 0 Å². The van der Waals surface area contributed by atoms with E-state index in [2.05, 4.69) is 29.9 Å². The van der Waals surface area contributed by atoms with E-state index in [0.717, 1.165) is 36.3 Å². The second-order valence-corrected chi connectivity index (χ2v) is 8.02. The number of hydrogen-bond donors (Lipinski definition) is 0. The molecule has 0 heterocycles. The first-order valence-corrected chi connectivity index (χ1v) is 9.59. The third-order valence-corrected chi connectivity index (χ3v) is 5.08. The Bertz CT molecular complexity index is 578. The molecule has 23 heavy (non-hydrogen) atoms. The molecule has 0 N–H and O–H groups in total. The molecule has 0 radical (unpaired) electrons. The molecule has 0 unspecified atom stereocenters. The summed E-state index contributed by atoms with van der Waals surface area (Å²) in [6.07, 6.45) is 7.37. The van der Waals surface area contributed by atoms with Crippen molar-refractivity contribution in [2.75, 3.05) is 12.3 Å². The van der Waals surface area contributed by atoms with Crippen molar-refractivity contribution in [1.82, 2.24) is 0 Å². The van der Waals surface area contributed by atoms with Gasteiger partial charge in [0.1, 0.15) is 0 Å². The Hall–Kier alpha value is -1.32. The van der Waals surface area contributed by atoms with E-state index in [1.54, 1.807) is 35.7 Å². The lowest BCUT2D eigenvalue weighted by Crippen LogP contribution is -1.88. The number of rotatable bonds is 11. The van der Waals surface area contributed by atoms with E-state index in [4.69, 9.17) is 0 Å². The van der Waals surface area contributed by atoms with Crippen molar-refractivity contribution in [2.45, 2.75) is 54.6 Å². The standard InChI is InChI=1S/C17H22N2O2S2/c1-14(2)23-15-7-8-16(19-13-21)17(11-15)22-10-6-4-3-5-9-18-12-20/h7-8,11,14H,3-6,9-10H2,1-2H3. The molecule has 0 fully saturated rings. The molecule has 0 aliphatic rings. The van der Waals surface area contributed by atoms with Crippen LogP contribution in [0, 0.1) is 0 Å². The summed E-state index contributed by atoms with van der Waals surface area (Å²) in [6, 6.07) is 5.98. The topological polar surface area (TPSA) is 58.9 Å². The van der Waals surface area contributed by atoms with Crippen LogP contribution in [0.1, 0.15) is 39.5 Å². The molecular weight excluding hydrogens is 328 g/mol. The number of hydrogen-bond acceptors (Lipinski definition) is 6. The van der Waals surface area contributed by atoms with Crippen molar-refractivity contribution in [3.05, 3.63) is 18.2 Å². The number of aliphatic imine (C=N–C) groups is 2. The van der Waals surface area contributed by atoms with E-state index in [1.165, 1.54) is 4.90 Å². The summed E-state index contributed by atoms with van der Waals surface area (Å²) in [5.41, 5.74) is 0.693. The first kappa shape index (κ1) is 19.7. The second-order valence-electron chi connectivity index (χ2n) is 5.23. The highest BCUT2D eigenvalue weighted by atomic mass is 32.2. The molecule has 0 aliphatic heterocycles. The van der Waals surface area contributed by atoms with E-state index in [9.17, 15) is 9.59 Å². The van der Waals surface area contributed by atoms with Crippen molar-refractivity contribution in [1.29, 1.82) is 0 Å². The molecule has 0 bridgehead atoms. The third-order valence-electron chi connectivity index (χ3n) is 2.96. The van der Waals surface area contributed by atoms with E-state index in [1.807, 2.05) is 12.1 Å². The summed E-state index contributed by atoms with van der Waals surface area (Å²) in [7, 11) is 0. The monoisotopic (exact) mass is 350 g/mol. The number of unbranched alkanes of at least 4 members (excludes halogenated alkanes) is 3. The maximum Gasteiger partial charge on any atom is 0.240 e. The summed E-state index contributed by atoms with van der Waals surface area (Å²) in [6.45, 7) is 4.89. The van der Waals surface area contributed by atoms with Gasteiger partial charge in [-0.25, -0.2) is 14.6 Å². The molecule has 1 aromatic rings. The highest BCUT2D eigenvalue weighted by Gasteiger charge is 2.06. The van der Waals surface area contributed by atoms with Gasteiger partial charge in [0.25, 0.3) is 0 Å². The average molecular weight is 351 g/mol. The Morgan fingerprint density at radius 2 is 1.87 bits per heavy atom. The van der Waals surface area contributed by atoms with Crippen LogP contribution in [0.3, 0.4) is 0 Å². The number of isocyanates is 2. The van der Waals surface area contributed by atoms with E-state index in [0.29, 0.717) is 17.5 Å². The largest absolute Gasteiger partial charge is 0.240 e. The summed E-state index contributed by atoms with van der Waals surface area (Å²) in [4.78, 5) is 30.0. The smallest absolute Gasteiger partial charge is 0.211 e. The van der Waals surface area contributed by atoms with Gasteiger partial charge in [-0.15, -0.1) is 23.5 Å². The van der Waals surface area contributed by atoms with Gasteiger partial charge in [0.15, 0.2) is 0 Å². The fraction of sp³-hybridized carbons (Fsp3) is 0.529. The maximum atomic E-state index is 10.5. The SMILES string of the molecule is CC(C)Sc1ccc(N=C=O)c(SCCCCCCN=C=O)c1. The van der Waals surface area contributed by atoms with Gasteiger partial charge < -0.3 is 0 Å². The van der Waals surface area contributed by atoms with Gasteiger partial charge in [0.05, 0.1) is 12.2 Å². The fourth-order valence-electron chi connectivity index (χ4n) is 1.97. The van der Waals surface area contributed by atoms with Gasteiger partial charge in [-0.3, -0.25) is 0 Å². The molecule has 1 rings (SSSR count). The Balaban J connectivity index is 2.49. The molecule has 1 aromatic carbocycles. The lowest BCUT2D eigenvalue weighted by atomic mass is 10.2. The van der Waals surface area contributed by atoms with Gasteiger partial charge in [-0.2, -0.15) is 4.99 Å². The highest BCUT2D eigenvalue weighted by Crippen LogP contribution is 2.35. The first-order valence-electron chi connectivity index (χ1n) is 7.72. The van der Waals surface area contributed by atoms with Gasteiger partial charge in [0, 0.05) is 15.0 Å². The normalized spacial score (nSPS) is 10.2. The van der Waals surface area contributed by atoms with Crippen LogP contribution in [0.15, 0.2) is 38.0 Å². The Labute approximate surface area is 146 Å². The lowest BCUT2D eigenvalue weighted by Gasteiger charge is -2.09. The molecule has 124 valence electrons. The predicted octanol–water partition coefficient (Wildman–Crippen LogP) is 5.14. The predicted molar refractivity (Wildman–Crippen MR) is 97.4 cm³/mol. The quantitative estimate of drug-likeness (QED) is 0.240. The molecule has 4 nitrogen and oxygen atoms in total. The minimum Gasteiger partial charge on any atom is -0.211 e. The van der Waals surface area contributed by atoms with Crippen molar-refractivity contribution in [3.8, 4) is 0 Å². The van der Waals surface area contributed by atoms with Gasteiger partial charge in [-0.1, -0.05) is 26.7 Å². The molecule has 0 saturated carbocycles. The van der Waals surface area contributed by atoms with Crippen LogP contribution in [0.25, 0.3) is 0 Å². The van der Waals surface area contributed by atoms with Crippen molar-refractivity contribution >= 4 is 41.4 Å². The van der Waals surface area contributed by atoms with Crippen LogP contribution >= 0.6 is 23.5 Å². The minimum atomic E-state index is 0.516. The number of carbonyl (C=O) groups excluding carboxylic acids is 2. The molecule has 0 aromatic heterocycles. The third kappa shape index (κ3) is 8.77. The summed E-state index contributed by atoms with van der Waals surface area (Å²) < 4.78 is 0. The van der Waals surface area contributed by atoms with Crippen LogP contribution in [0.5, 0.6) is 0 Å². The van der Waals surface area contributed by atoms with Crippen LogP contribution in [-0.2, 0) is 9.59 Å². The molecule has 0 aliphatic carbocycles. The lowest BCUT2D eigenvalue weighted by molar-refractivity contribution is 0.561. The molecule has 0 spiro atoms.